The van der Waals surface area contributed by atoms with Crippen molar-refractivity contribution in [3.05, 3.63) is 35.4 Å². The van der Waals surface area contributed by atoms with Gasteiger partial charge in [-0.05, 0) is 31.2 Å². The predicted octanol–water partition coefficient (Wildman–Crippen LogP) is 2.18. The highest BCUT2D eigenvalue weighted by Gasteiger charge is 2.27. The van der Waals surface area contributed by atoms with E-state index in [1.54, 1.807) is 6.07 Å². The molecule has 0 bridgehead atoms. The first-order chi connectivity index (χ1) is 7.99. The maximum absolute atomic E-state index is 11.6. The molecule has 0 saturated carbocycles. The summed E-state index contributed by atoms with van der Waals surface area (Å²) in [7, 11) is -2.93. The van der Waals surface area contributed by atoms with Crippen LogP contribution in [0.5, 0.6) is 0 Å². The highest BCUT2D eigenvalue weighted by atomic mass is 32.2. The van der Waals surface area contributed by atoms with Crippen molar-refractivity contribution in [2.24, 2.45) is 0 Å². The van der Waals surface area contributed by atoms with E-state index in [0.717, 1.165) is 12.0 Å². The molecule has 1 heterocycles. The number of hydrogen-bond acceptors (Lipinski definition) is 3. The summed E-state index contributed by atoms with van der Waals surface area (Å²) in [5, 5.41) is 0. The Morgan fingerprint density at radius 3 is 2.65 bits per heavy atom. The van der Waals surface area contributed by atoms with E-state index in [-0.39, 0.29) is 23.2 Å². The molecule has 17 heavy (non-hydrogen) atoms. The number of Topliss-reactive ketones (excluding diaryl/α,β-unsaturated/α-hetero) is 1. The van der Waals surface area contributed by atoms with Crippen LogP contribution < -0.4 is 0 Å². The van der Waals surface area contributed by atoms with Crippen molar-refractivity contribution in [3.63, 3.8) is 0 Å². The summed E-state index contributed by atoms with van der Waals surface area (Å²) in [6.45, 7) is 1.52. The van der Waals surface area contributed by atoms with Gasteiger partial charge in [0.2, 0.25) is 0 Å². The average molecular weight is 252 g/mol. The van der Waals surface area contributed by atoms with Crippen molar-refractivity contribution in [2.75, 3.05) is 11.5 Å². The Morgan fingerprint density at radius 1 is 1.29 bits per heavy atom. The zero-order valence-electron chi connectivity index (χ0n) is 9.85. The quantitative estimate of drug-likeness (QED) is 0.758. The lowest BCUT2D eigenvalue weighted by Crippen LogP contribution is -2.24. The van der Waals surface area contributed by atoms with E-state index in [0.29, 0.717) is 12.0 Å². The van der Waals surface area contributed by atoms with E-state index < -0.39 is 9.84 Å². The maximum Gasteiger partial charge on any atom is 0.160 e. The Hall–Kier alpha value is -1.16. The minimum atomic E-state index is -2.93. The third kappa shape index (κ3) is 2.75. The molecular weight excluding hydrogens is 236 g/mol. The first-order valence-corrected chi connectivity index (χ1v) is 7.62. The van der Waals surface area contributed by atoms with Gasteiger partial charge in [0.1, 0.15) is 0 Å². The number of rotatable bonds is 2. The fourth-order valence-electron chi connectivity index (χ4n) is 2.44. The van der Waals surface area contributed by atoms with Gasteiger partial charge in [-0.25, -0.2) is 8.42 Å². The highest BCUT2D eigenvalue weighted by molar-refractivity contribution is 7.91. The van der Waals surface area contributed by atoms with E-state index in [1.807, 2.05) is 18.2 Å². The van der Waals surface area contributed by atoms with Crippen molar-refractivity contribution >= 4 is 15.6 Å². The molecule has 0 spiro atoms. The molecule has 0 aromatic heterocycles. The smallest absolute Gasteiger partial charge is 0.160 e. The van der Waals surface area contributed by atoms with Crippen molar-refractivity contribution in [1.29, 1.82) is 0 Å². The maximum atomic E-state index is 11.6. The summed E-state index contributed by atoms with van der Waals surface area (Å²) >= 11 is 0. The molecular formula is C13H16O3S. The molecule has 1 fully saturated rings. The third-order valence-electron chi connectivity index (χ3n) is 3.24. The first-order valence-electron chi connectivity index (χ1n) is 5.80. The van der Waals surface area contributed by atoms with E-state index >= 15 is 0 Å². The Bertz CT molecular complexity index is 531. The van der Waals surface area contributed by atoms with Gasteiger partial charge in [-0.2, -0.15) is 0 Å². The number of hydrogen-bond donors (Lipinski definition) is 0. The number of benzene rings is 1. The van der Waals surface area contributed by atoms with Gasteiger partial charge in [-0.1, -0.05) is 24.3 Å². The topological polar surface area (TPSA) is 51.2 Å². The minimum Gasteiger partial charge on any atom is -0.295 e. The van der Waals surface area contributed by atoms with E-state index in [4.69, 9.17) is 0 Å². The molecule has 1 unspecified atom stereocenters. The van der Waals surface area contributed by atoms with Crippen molar-refractivity contribution in [1.82, 2.24) is 0 Å². The predicted molar refractivity (Wildman–Crippen MR) is 67.1 cm³/mol. The summed E-state index contributed by atoms with van der Waals surface area (Å²) in [4.78, 5) is 11.5. The molecule has 1 aliphatic rings. The number of sulfone groups is 1. The summed E-state index contributed by atoms with van der Waals surface area (Å²) in [6, 6.07) is 7.34. The van der Waals surface area contributed by atoms with Crippen LogP contribution in [0.2, 0.25) is 0 Å². The van der Waals surface area contributed by atoms with Gasteiger partial charge in [0, 0.05) is 5.56 Å². The van der Waals surface area contributed by atoms with Crippen LogP contribution >= 0.6 is 0 Å². The molecule has 4 heteroatoms. The SMILES string of the molecule is CC(=O)c1ccccc1C1CCCS(=O)(=O)C1. The van der Waals surface area contributed by atoms with Gasteiger partial charge in [0.25, 0.3) is 0 Å². The fraction of sp³-hybridized carbons (Fsp3) is 0.462. The van der Waals surface area contributed by atoms with Gasteiger partial charge in [0.15, 0.2) is 15.6 Å². The second kappa shape index (κ2) is 4.61. The second-order valence-corrected chi connectivity index (χ2v) is 6.83. The lowest BCUT2D eigenvalue weighted by Gasteiger charge is -2.23. The molecule has 0 aliphatic carbocycles. The fourth-order valence-corrected chi connectivity index (χ4v) is 4.17. The highest BCUT2D eigenvalue weighted by Crippen LogP contribution is 2.30. The van der Waals surface area contributed by atoms with Crippen LogP contribution in [0.4, 0.5) is 0 Å². The third-order valence-corrected chi connectivity index (χ3v) is 5.06. The van der Waals surface area contributed by atoms with E-state index in [1.165, 1.54) is 6.92 Å². The lowest BCUT2D eigenvalue weighted by molar-refractivity contribution is 0.101. The lowest BCUT2D eigenvalue weighted by atomic mass is 9.90. The second-order valence-electron chi connectivity index (χ2n) is 4.60. The summed E-state index contributed by atoms with van der Waals surface area (Å²) < 4.78 is 23.3. The van der Waals surface area contributed by atoms with Gasteiger partial charge < -0.3 is 0 Å². The van der Waals surface area contributed by atoms with Gasteiger partial charge >= 0.3 is 0 Å². The molecule has 1 aliphatic heterocycles. The number of ketones is 1. The van der Waals surface area contributed by atoms with Gasteiger partial charge in [-0.15, -0.1) is 0 Å². The van der Waals surface area contributed by atoms with Crippen molar-refractivity contribution in [2.45, 2.75) is 25.7 Å². The Labute approximate surface area is 102 Å². The van der Waals surface area contributed by atoms with Crippen LogP contribution in [0.15, 0.2) is 24.3 Å². The van der Waals surface area contributed by atoms with Crippen LogP contribution in [-0.4, -0.2) is 25.7 Å². The summed E-state index contributed by atoms with van der Waals surface area (Å²) in [5.41, 5.74) is 1.55. The Kier molecular flexibility index (Phi) is 3.33. The Balaban J connectivity index is 2.37. The summed E-state index contributed by atoms with van der Waals surface area (Å²) in [6.07, 6.45) is 1.54. The van der Waals surface area contributed by atoms with Crippen molar-refractivity contribution < 1.29 is 13.2 Å². The van der Waals surface area contributed by atoms with Crippen LogP contribution in [-0.2, 0) is 9.84 Å². The molecule has 1 aromatic carbocycles. The largest absolute Gasteiger partial charge is 0.295 e. The Morgan fingerprint density at radius 2 is 2.00 bits per heavy atom. The monoisotopic (exact) mass is 252 g/mol. The number of carbonyl (C=O) groups is 1. The van der Waals surface area contributed by atoms with Gasteiger partial charge in [0.05, 0.1) is 11.5 Å². The molecule has 92 valence electrons. The van der Waals surface area contributed by atoms with Crippen LogP contribution in [0.3, 0.4) is 0 Å². The zero-order chi connectivity index (χ0) is 12.5. The van der Waals surface area contributed by atoms with E-state index in [9.17, 15) is 13.2 Å². The normalized spacial score (nSPS) is 23.2. The molecule has 3 nitrogen and oxygen atoms in total. The van der Waals surface area contributed by atoms with Crippen molar-refractivity contribution in [3.8, 4) is 0 Å². The zero-order valence-corrected chi connectivity index (χ0v) is 10.7. The molecule has 0 N–H and O–H groups in total. The molecule has 0 radical (unpaired) electrons. The summed E-state index contributed by atoms with van der Waals surface area (Å²) in [5.74, 6) is 0.445. The van der Waals surface area contributed by atoms with Crippen LogP contribution in [0, 0.1) is 0 Å². The molecule has 1 aromatic rings. The molecule has 1 atom stereocenters. The first kappa shape index (κ1) is 12.3. The molecule has 0 amide bonds. The minimum absolute atomic E-state index is 0.00331. The van der Waals surface area contributed by atoms with Crippen LogP contribution in [0.1, 0.15) is 41.6 Å². The molecule has 2 rings (SSSR count). The molecule has 1 saturated heterocycles. The van der Waals surface area contributed by atoms with Crippen LogP contribution in [0.25, 0.3) is 0 Å². The van der Waals surface area contributed by atoms with E-state index in [2.05, 4.69) is 0 Å². The van der Waals surface area contributed by atoms with Gasteiger partial charge in [-0.3, -0.25) is 4.79 Å². The number of carbonyl (C=O) groups excluding carboxylic acids is 1. The average Bonchev–Trinajstić information content (AvgIpc) is 2.27. The standard InChI is InChI=1S/C13H16O3S/c1-10(14)12-6-2-3-7-13(12)11-5-4-8-17(15,16)9-11/h2-3,6-7,11H,4-5,8-9H2,1H3.